The molecule has 0 aromatic heterocycles. The van der Waals surface area contributed by atoms with E-state index in [2.05, 4.69) is 6.07 Å². The second kappa shape index (κ2) is 11.0. The predicted molar refractivity (Wildman–Crippen MR) is 124 cm³/mol. The van der Waals surface area contributed by atoms with Gasteiger partial charge in [-0.2, -0.15) is 5.26 Å². The van der Waals surface area contributed by atoms with E-state index in [0.717, 1.165) is 0 Å². The molecule has 8 nitrogen and oxygen atoms in total. The van der Waals surface area contributed by atoms with Gasteiger partial charge in [-0.15, -0.1) is 0 Å². The van der Waals surface area contributed by atoms with Gasteiger partial charge in [-0.25, -0.2) is 0 Å². The molecule has 0 radical (unpaired) electrons. The average Bonchev–Trinajstić information content (AvgIpc) is 2.82. The van der Waals surface area contributed by atoms with Crippen LogP contribution in [0.1, 0.15) is 34.0 Å². The first kappa shape index (κ1) is 24.3. The first-order valence-electron chi connectivity index (χ1n) is 10.1. The lowest BCUT2D eigenvalue weighted by molar-refractivity contribution is -0.384. The molecule has 0 aliphatic rings. The first-order chi connectivity index (χ1) is 16.3. The minimum Gasteiger partial charge on any atom is -0.545 e. The molecule has 0 unspecified atom stereocenters. The Labute approximate surface area is 200 Å². The van der Waals surface area contributed by atoms with Gasteiger partial charge in [0, 0.05) is 12.1 Å². The Morgan fingerprint density at radius 3 is 2.44 bits per heavy atom. The van der Waals surface area contributed by atoms with E-state index < -0.39 is 10.9 Å². The number of carbonyl (C=O) groups excluding carboxylic acids is 1. The summed E-state index contributed by atoms with van der Waals surface area (Å²) in [7, 11) is 0. The van der Waals surface area contributed by atoms with Gasteiger partial charge in [-0.1, -0.05) is 48.0 Å². The van der Waals surface area contributed by atoms with Gasteiger partial charge in [0.2, 0.25) is 0 Å². The number of ether oxygens (including phenoxy) is 2. The number of benzene rings is 3. The van der Waals surface area contributed by atoms with Crippen LogP contribution >= 0.6 is 11.6 Å². The number of nitriles is 1. The fourth-order valence-electron chi connectivity index (χ4n) is 3.12. The van der Waals surface area contributed by atoms with Crippen LogP contribution in [0, 0.1) is 21.4 Å². The number of aromatic carboxylic acids is 1. The smallest absolute Gasteiger partial charge is 0.269 e. The van der Waals surface area contributed by atoms with Crippen LogP contribution in [0.4, 0.5) is 5.69 Å². The van der Waals surface area contributed by atoms with Gasteiger partial charge in [-0.05, 0) is 47.4 Å². The van der Waals surface area contributed by atoms with E-state index in [4.69, 9.17) is 21.1 Å². The molecule has 0 fully saturated rings. The zero-order valence-corrected chi connectivity index (χ0v) is 18.7. The van der Waals surface area contributed by atoms with Crippen molar-refractivity contribution in [3.63, 3.8) is 0 Å². The molecular formula is C25H18ClN2O6-. The third-order valence-electron chi connectivity index (χ3n) is 4.70. The van der Waals surface area contributed by atoms with Crippen molar-refractivity contribution in [3.8, 4) is 17.6 Å². The van der Waals surface area contributed by atoms with Crippen molar-refractivity contribution >= 4 is 34.9 Å². The van der Waals surface area contributed by atoms with Gasteiger partial charge in [0.25, 0.3) is 5.69 Å². The number of halogens is 1. The van der Waals surface area contributed by atoms with Crippen LogP contribution < -0.4 is 14.6 Å². The lowest BCUT2D eigenvalue weighted by Crippen LogP contribution is -2.21. The summed E-state index contributed by atoms with van der Waals surface area (Å²) in [5.74, 6) is -0.692. The number of carbonyl (C=O) groups is 1. The van der Waals surface area contributed by atoms with Crippen LogP contribution in [-0.4, -0.2) is 17.5 Å². The number of allylic oxidation sites excluding steroid dienone is 1. The molecule has 0 saturated carbocycles. The Morgan fingerprint density at radius 1 is 1.12 bits per heavy atom. The van der Waals surface area contributed by atoms with E-state index >= 15 is 0 Å². The third-order valence-corrected chi connectivity index (χ3v) is 4.98. The van der Waals surface area contributed by atoms with Crippen LogP contribution in [0.2, 0.25) is 5.02 Å². The SMILES string of the molecule is CCOc1cc(/C=C(\C#N)c2ccc(C(=O)[O-])cc2)cc(Cl)c1OCc1cccc([N+](=O)[O-])c1. The monoisotopic (exact) mass is 477 g/mol. The molecule has 34 heavy (non-hydrogen) atoms. The molecule has 3 aromatic carbocycles. The minimum absolute atomic E-state index is 0.00738. The highest BCUT2D eigenvalue weighted by atomic mass is 35.5. The van der Waals surface area contributed by atoms with Crippen molar-refractivity contribution < 1.29 is 24.3 Å². The van der Waals surface area contributed by atoms with Crippen LogP contribution in [0.15, 0.2) is 60.7 Å². The maximum Gasteiger partial charge on any atom is 0.269 e. The molecule has 172 valence electrons. The maximum atomic E-state index is 11.0. The highest BCUT2D eigenvalue weighted by Gasteiger charge is 2.14. The summed E-state index contributed by atoms with van der Waals surface area (Å²) in [6.45, 7) is 2.15. The van der Waals surface area contributed by atoms with Crippen LogP contribution in [0.25, 0.3) is 11.6 Å². The minimum atomic E-state index is -1.30. The van der Waals surface area contributed by atoms with Gasteiger partial charge in [-0.3, -0.25) is 10.1 Å². The van der Waals surface area contributed by atoms with Gasteiger partial charge < -0.3 is 19.4 Å². The molecule has 9 heteroatoms. The molecule has 0 aliphatic heterocycles. The lowest BCUT2D eigenvalue weighted by Gasteiger charge is -2.15. The number of non-ortho nitro benzene ring substituents is 1. The Balaban J connectivity index is 1.90. The van der Waals surface area contributed by atoms with Gasteiger partial charge >= 0.3 is 0 Å². The molecule has 0 saturated heterocycles. The van der Waals surface area contributed by atoms with Crippen molar-refractivity contribution in [2.45, 2.75) is 13.5 Å². The topological polar surface area (TPSA) is 126 Å². The van der Waals surface area contributed by atoms with Gasteiger partial charge in [0.05, 0.1) is 34.2 Å². The second-order valence-corrected chi connectivity index (χ2v) is 7.42. The quantitative estimate of drug-likeness (QED) is 0.190. The average molecular weight is 478 g/mol. The van der Waals surface area contributed by atoms with Crippen molar-refractivity contribution in [2.24, 2.45) is 0 Å². The predicted octanol–water partition coefficient (Wildman–Crippen LogP) is 4.65. The van der Waals surface area contributed by atoms with Crippen molar-refractivity contribution in [1.82, 2.24) is 0 Å². The summed E-state index contributed by atoms with van der Waals surface area (Å²) >= 11 is 6.45. The van der Waals surface area contributed by atoms with E-state index in [9.17, 15) is 25.3 Å². The van der Waals surface area contributed by atoms with Gasteiger partial charge in [0.1, 0.15) is 6.61 Å². The number of rotatable bonds is 9. The fourth-order valence-corrected chi connectivity index (χ4v) is 3.40. The van der Waals surface area contributed by atoms with E-state index in [-0.39, 0.29) is 34.2 Å². The van der Waals surface area contributed by atoms with Crippen LogP contribution in [0.3, 0.4) is 0 Å². The summed E-state index contributed by atoms with van der Waals surface area (Å²) in [6, 6.07) is 17.2. The zero-order chi connectivity index (χ0) is 24.7. The number of carboxylic acids is 1. The largest absolute Gasteiger partial charge is 0.545 e. The van der Waals surface area contributed by atoms with E-state index in [1.54, 1.807) is 37.3 Å². The maximum absolute atomic E-state index is 11.0. The van der Waals surface area contributed by atoms with Crippen molar-refractivity contribution in [1.29, 1.82) is 5.26 Å². The highest BCUT2D eigenvalue weighted by molar-refractivity contribution is 6.32. The van der Waals surface area contributed by atoms with E-state index in [1.165, 1.54) is 36.4 Å². The van der Waals surface area contributed by atoms with Crippen LogP contribution in [0.5, 0.6) is 11.5 Å². The molecule has 0 bridgehead atoms. The molecule has 0 aliphatic carbocycles. The third kappa shape index (κ3) is 5.91. The van der Waals surface area contributed by atoms with Crippen molar-refractivity contribution in [2.75, 3.05) is 6.61 Å². The molecule has 0 N–H and O–H groups in total. The van der Waals surface area contributed by atoms with Crippen LogP contribution in [-0.2, 0) is 6.61 Å². The number of nitro groups is 1. The Hall–Kier alpha value is -4.35. The molecule has 0 heterocycles. The van der Waals surface area contributed by atoms with Gasteiger partial charge in [0.15, 0.2) is 11.5 Å². The number of nitrogens with zero attached hydrogens (tertiary/aromatic N) is 2. The molecular weight excluding hydrogens is 460 g/mol. The Kier molecular flexibility index (Phi) is 7.85. The number of hydrogen-bond donors (Lipinski definition) is 0. The first-order valence-corrected chi connectivity index (χ1v) is 10.5. The van der Waals surface area contributed by atoms with E-state index in [1.807, 2.05) is 0 Å². The number of nitro benzene ring substituents is 1. The summed E-state index contributed by atoms with van der Waals surface area (Å²) in [4.78, 5) is 21.4. The Bertz CT molecular complexity index is 1300. The molecule has 0 amide bonds. The summed E-state index contributed by atoms with van der Waals surface area (Å²) < 4.78 is 11.5. The molecule has 0 atom stereocenters. The molecule has 0 spiro atoms. The normalized spacial score (nSPS) is 10.9. The summed E-state index contributed by atoms with van der Waals surface area (Å²) in [5, 5.41) is 31.8. The molecule has 3 aromatic rings. The Morgan fingerprint density at radius 2 is 1.82 bits per heavy atom. The summed E-state index contributed by atoms with van der Waals surface area (Å²) in [6.07, 6.45) is 1.59. The lowest BCUT2D eigenvalue weighted by atomic mass is 10.0. The highest BCUT2D eigenvalue weighted by Crippen LogP contribution is 2.38. The van der Waals surface area contributed by atoms with Crippen molar-refractivity contribution in [3.05, 3.63) is 98.1 Å². The number of carboxylic acid groups (broad SMARTS) is 1. The number of hydrogen-bond acceptors (Lipinski definition) is 7. The summed E-state index contributed by atoms with van der Waals surface area (Å²) in [5.41, 5.74) is 1.92. The van der Waals surface area contributed by atoms with E-state index in [0.29, 0.717) is 29.0 Å². The second-order valence-electron chi connectivity index (χ2n) is 7.01. The fraction of sp³-hybridized carbons (Fsp3) is 0.120. The molecule has 3 rings (SSSR count). The standard InChI is InChI=1S/C25H19ClN2O6/c1-2-33-23-13-17(10-20(14-27)18-6-8-19(9-7-18)25(29)30)12-22(26)24(23)34-15-16-4-3-5-21(11-16)28(31)32/h3-13H,2,15H2,1H3,(H,29,30)/p-1/b20-10+. The zero-order valence-electron chi connectivity index (χ0n) is 18.0.